The van der Waals surface area contributed by atoms with Crippen LogP contribution in [-0.2, 0) is 10.0 Å². The van der Waals surface area contributed by atoms with Crippen molar-refractivity contribution < 1.29 is 12.9 Å². The Morgan fingerprint density at radius 1 is 1.28 bits per heavy atom. The lowest BCUT2D eigenvalue weighted by molar-refractivity contribution is 0.400. The first kappa shape index (κ1) is 13.6. The highest BCUT2D eigenvalue weighted by Gasteiger charge is 2.19. The Kier molecular flexibility index (Phi) is 3.79. The monoisotopic (exact) mass is 394 g/mol. The predicted octanol–water partition coefficient (Wildman–Crippen LogP) is 3.31. The number of rotatable bonds is 3. The molecule has 0 spiro atoms. The SMILES string of the molecule is Cc1cc(NS(=O)(=O)c2ccc(Br)cc2Br)no1. The lowest BCUT2D eigenvalue weighted by Gasteiger charge is -2.07. The van der Waals surface area contributed by atoms with E-state index in [2.05, 4.69) is 41.7 Å². The first-order valence-corrected chi connectivity index (χ1v) is 7.86. The number of benzene rings is 1. The Morgan fingerprint density at radius 2 is 2.00 bits per heavy atom. The van der Waals surface area contributed by atoms with Gasteiger partial charge in [-0.05, 0) is 41.1 Å². The van der Waals surface area contributed by atoms with Crippen LogP contribution in [0.2, 0.25) is 0 Å². The largest absolute Gasteiger partial charge is 0.360 e. The molecule has 18 heavy (non-hydrogen) atoms. The molecule has 0 aliphatic rings. The van der Waals surface area contributed by atoms with Crippen LogP contribution in [0.4, 0.5) is 5.82 Å². The Hall–Kier alpha value is -0.860. The number of hydrogen-bond donors (Lipinski definition) is 1. The molecular formula is C10H8Br2N2O3S. The summed E-state index contributed by atoms with van der Waals surface area (Å²) < 4.78 is 32.6. The van der Waals surface area contributed by atoms with Gasteiger partial charge >= 0.3 is 0 Å². The number of aryl methyl sites for hydroxylation is 1. The van der Waals surface area contributed by atoms with Crippen molar-refractivity contribution in [2.75, 3.05) is 4.72 Å². The molecule has 0 unspecified atom stereocenters. The maximum atomic E-state index is 12.1. The predicted molar refractivity (Wildman–Crippen MR) is 73.9 cm³/mol. The zero-order valence-corrected chi connectivity index (χ0v) is 13.1. The van der Waals surface area contributed by atoms with Crippen molar-refractivity contribution in [2.45, 2.75) is 11.8 Å². The van der Waals surface area contributed by atoms with Crippen molar-refractivity contribution >= 4 is 47.7 Å². The second-order valence-corrected chi connectivity index (χ2v) is 6.92. The van der Waals surface area contributed by atoms with Crippen LogP contribution in [0.15, 0.2) is 42.6 Å². The van der Waals surface area contributed by atoms with E-state index < -0.39 is 10.0 Å². The van der Waals surface area contributed by atoms with Gasteiger partial charge in [0, 0.05) is 15.0 Å². The molecule has 0 aliphatic heterocycles. The second-order valence-electron chi connectivity index (χ2n) is 3.50. The Morgan fingerprint density at radius 3 is 2.56 bits per heavy atom. The van der Waals surface area contributed by atoms with E-state index in [-0.39, 0.29) is 10.7 Å². The number of nitrogens with one attached hydrogen (secondary N) is 1. The average Bonchev–Trinajstić information content (AvgIpc) is 2.62. The molecule has 0 saturated carbocycles. The summed E-state index contributed by atoms with van der Waals surface area (Å²) >= 11 is 6.47. The minimum atomic E-state index is -3.69. The smallest absolute Gasteiger partial charge is 0.264 e. The first-order valence-electron chi connectivity index (χ1n) is 4.80. The molecule has 0 bridgehead atoms. The van der Waals surface area contributed by atoms with E-state index in [0.717, 1.165) is 4.47 Å². The van der Waals surface area contributed by atoms with Gasteiger partial charge in [-0.15, -0.1) is 0 Å². The van der Waals surface area contributed by atoms with Gasteiger partial charge in [0.05, 0.1) is 0 Å². The van der Waals surface area contributed by atoms with E-state index in [1.807, 2.05) is 0 Å². The summed E-state index contributed by atoms with van der Waals surface area (Å²) in [4.78, 5) is 0.131. The van der Waals surface area contributed by atoms with Gasteiger partial charge < -0.3 is 4.52 Å². The number of sulfonamides is 1. The normalized spacial score (nSPS) is 11.5. The van der Waals surface area contributed by atoms with Gasteiger partial charge in [0.25, 0.3) is 10.0 Å². The summed E-state index contributed by atoms with van der Waals surface area (Å²) in [6.45, 7) is 1.68. The minimum Gasteiger partial charge on any atom is -0.360 e. The number of anilines is 1. The van der Waals surface area contributed by atoms with E-state index in [9.17, 15) is 8.42 Å². The van der Waals surface area contributed by atoms with Gasteiger partial charge in [0.2, 0.25) is 0 Å². The summed E-state index contributed by atoms with van der Waals surface area (Å²) in [5, 5.41) is 3.58. The van der Waals surface area contributed by atoms with Gasteiger partial charge in [-0.1, -0.05) is 21.1 Å². The van der Waals surface area contributed by atoms with E-state index in [4.69, 9.17) is 4.52 Å². The fraction of sp³-hybridized carbons (Fsp3) is 0.100. The molecule has 1 N–H and O–H groups in total. The van der Waals surface area contributed by atoms with Crippen LogP contribution < -0.4 is 4.72 Å². The third-order valence-corrected chi connectivity index (χ3v) is 4.88. The quantitative estimate of drug-likeness (QED) is 0.865. The molecule has 0 amide bonds. The highest BCUT2D eigenvalue weighted by molar-refractivity contribution is 9.11. The molecule has 1 heterocycles. The summed E-state index contributed by atoms with van der Waals surface area (Å²) in [6, 6.07) is 6.30. The van der Waals surface area contributed by atoms with E-state index in [0.29, 0.717) is 10.2 Å². The van der Waals surface area contributed by atoms with Gasteiger partial charge in [-0.25, -0.2) is 8.42 Å². The molecule has 0 radical (unpaired) electrons. The van der Waals surface area contributed by atoms with Crippen LogP contribution >= 0.6 is 31.9 Å². The van der Waals surface area contributed by atoms with Crippen molar-refractivity contribution in [2.24, 2.45) is 0 Å². The van der Waals surface area contributed by atoms with E-state index in [1.54, 1.807) is 19.1 Å². The van der Waals surface area contributed by atoms with E-state index >= 15 is 0 Å². The maximum Gasteiger partial charge on any atom is 0.264 e. The third kappa shape index (κ3) is 2.93. The molecule has 0 fully saturated rings. The fourth-order valence-electron chi connectivity index (χ4n) is 1.30. The highest BCUT2D eigenvalue weighted by Crippen LogP contribution is 2.27. The summed E-state index contributed by atoms with van der Waals surface area (Å²) in [6.07, 6.45) is 0. The van der Waals surface area contributed by atoms with Crippen molar-refractivity contribution in [3.8, 4) is 0 Å². The second kappa shape index (κ2) is 5.02. The molecule has 0 saturated heterocycles. The Labute approximate surface area is 121 Å². The van der Waals surface area contributed by atoms with Crippen molar-refractivity contribution in [1.82, 2.24) is 5.16 Å². The standard InChI is InChI=1S/C10H8Br2N2O3S/c1-6-4-10(13-17-6)14-18(15,16)9-3-2-7(11)5-8(9)12/h2-5H,1H3,(H,13,14). The molecule has 96 valence electrons. The van der Waals surface area contributed by atoms with Crippen LogP contribution in [0, 0.1) is 6.92 Å². The summed E-state index contributed by atoms with van der Waals surface area (Å²) in [5.74, 6) is 0.685. The topological polar surface area (TPSA) is 72.2 Å². The molecule has 2 aromatic rings. The zero-order chi connectivity index (χ0) is 13.3. The molecule has 0 atom stereocenters. The number of nitrogens with zero attached hydrogens (tertiary/aromatic N) is 1. The van der Waals surface area contributed by atoms with Crippen LogP contribution in [-0.4, -0.2) is 13.6 Å². The zero-order valence-electron chi connectivity index (χ0n) is 9.15. The Balaban J connectivity index is 2.36. The van der Waals surface area contributed by atoms with Crippen LogP contribution in [0.1, 0.15) is 5.76 Å². The molecular weight excluding hydrogens is 388 g/mol. The molecule has 2 rings (SSSR count). The van der Waals surface area contributed by atoms with Gasteiger partial charge in [0.1, 0.15) is 10.7 Å². The molecule has 1 aromatic heterocycles. The molecule has 8 heteroatoms. The Bertz CT molecular complexity index is 682. The van der Waals surface area contributed by atoms with Crippen molar-refractivity contribution in [3.05, 3.63) is 39.0 Å². The number of aromatic nitrogens is 1. The average molecular weight is 396 g/mol. The highest BCUT2D eigenvalue weighted by atomic mass is 79.9. The van der Waals surface area contributed by atoms with Crippen LogP contribution in [0.5, 0.6) is 0 Å². The number of hydrogen-bond acceptors (Lipinski definition) is 4. The summed E-state index contributed by atoms with van der Waals surface area (Å²) in [5.41, 5.74) is 0. The van der Waals surface area contributed by atoms with E-state index in [1.165, 1.54) is 12.1 Å². The fourth-order valence-corrected chi connectivity index (χ4v) is 4.03. The summed E-state index contributed by atoms with van der Waals surface area (Å²) in [7, 11) is -3.69. The number of halogens is 2. The van der Waals surface area contributed by atoms with Gasteiger partial charge in [-0.3, -0.25) is 4.72 Å². The minimum absolute atomic E-state index is 0.131. The van der Waals surface area contributed by atoms with Gasteiger partial charge in [-0.2, -0.15) is 0 Å². The van der Waals surface area contributed by atoms with Crippen LogP contribution in [0.25, 0.3) is 0 Å². The molecule has 0 aliphatic carbocycles. The molecule has 5 nitrogen and oxygen atoms in total. The van der Waals surface area contributed by atoms with Gasteiger partial charge in [0.15, 0.2) is 5.82 Å². The van der Waals surface area contributed by atoms with Crippen molar-refractivity contribution in [1.29, 1.82) is 0 Å². The lowest BCUT2D eigenvalue weighted by Crippen LogP contribution is -2.13. The van der Waals surface area contributed by atoms with Crippen LogP contribution in [0.3, 0.4) is 0 Å². The van der Waals surface area contributed by atoms with Crippen molar-refractivity contribution in [3.63, 3.8) is 0 Å². The lowest BCUT2D eigenvalue weighted by atomic mass is 10.4. The maximum absolute atomic E-state index is 12.1. The molecule has 1 aromatic carbocycles. The third-order valence-electron chi connectivity index (χ3n) is 2.05. The first-order chi connectivity index (χ1) is 8.38.